The molecule has 6 nitrogen and oxygen atoms in total. The Balaban J connectivity index is 2.14. The summed E-state index contributed by atoms with van der Waals surface area (Å²) in [7, 11) is 0. The number of nitrogens with one attached hydrogen (secondary N) is 1. The van der Waals surface area contributed by atoms with Gasteiger partial charge in [0.25, 0.3) is 0 Å². The molecule has 0 aliphatic carbocycles. The molecule has 0 amide bonds. The van der Waals surface area contributed by atoms with Crippen LogP contribution in [0.25, 0.3) is 0 Å². The highest BCUT2D eigenvalue weighted by atomic mass is 32.1. The van der Waals surface area contributed by atoms with Crippen LogP contribution in [-0.2, 0) is 11.3 Å². The fraction of sp³-hybridized carbons (Fsp3) is 0.500. The maximum atomic E-state index is 5.82. The lowest BCUT2D eigenvalue weighted by Crippen LogP contribution is -2.11. The first kappa shape index (κ1) is 15.7. The normalized spacial score (nSPS) is 12.4. The van der Waals surface area contributed by atoms with Crippen LogP contribution >= 0.6 is 11.3 Å². The van der Waals surface area contributed by atoms with Crippen molar-refractivity contribution in [3.63, 3.8) is 0 Å². The largest absolute Gasteiger partial charge is 0.384 e. The minimum Gasteiger partial charge on any atom is -0.384 e. The van der Waals surface area contributed by atoms with Crippen molar-refractivity contribution >= 4 is 23.0 Å². The van der Waals surface area contributed by atoms with E-state index in [9.17, 15) is 0 Å². The molecule has 0 saturated carbocycles. The highest BCUT2D eigenvalue weighted by Gasteiger charge is 2.14. The van der Waals surface area contributed by atoms with Gasteiger partial charge >= 0.3 is 0 Å². The fourth-order valence-corrected chi connectivity index (χ4v) is 3.02. The lowest BCUT2D eigenvalue weighted by molar-refractivity contribution is 0.128. The first-order chi connectivity index (χ1) is 9.99. The van der Waals surface area contributed by atoms with E-state index in [2.05, 4.69) is 27.2 Å². The van der Waals surface area contributed by atoms with Crippen LogP contribution in [0.5, 0.6) is 0 Å². The molecule has 21 heavy (non-hydrogen) atoms. The number of anilines is 2. The Morgan fingerprint density at radius 3 is 2.71 bits per heavy atom. The van der Waals surface area contributed by atoms with Crippen molar-refractivity contribution < 1.29 is 4.74 Å². The highest BCUT2D eigenvalue weighted by molar-refractivity contribution is 7.11. The maximum absolute atomic E-state index is 5.82. The van der Waals surface area contributed by atoms with E-state index < -0.39 is 0 Å². The van der Waals surface area contributed by atoms with Crippen LogP contribution in [0.1, 0.15) is 41.3 Å². The maximum Gasteiger partial charge on any atom is 0.158 e. The van der Waals surface area contributed by atoms with Crippen LogP contribution in [-0.4, -0.2) is 21.6 Å². The fourth-order valence-electron chi connectivity index (χ4n) is 2.09. The summed E-state index contributed by atoms with van der Waals surface area (Å²) in [4.78, 5) is 14.3. The van der Waals surface area contributed by atoms with Gasteiger partial charge < -0.3 is 15.8 Å². The summed E-state index contributed by atoms with van der Waals surface area (Å²) < 4.78 is 5.33. The SMILES string of the molecule is CCOCc1nc(N)cc(NC(C)c2sc(C)nc2C)n1. The van der Waals surface area contributed by atoms with E-state index in [4.69, 9.17) is 10.5 Å². The van der Waals surface area contributed by atoms with E-state index in [0.717, 1.165) is 10.7 Å². The van der Waals surface area contributed by atoms with Gasteiger partial charge in [0, 0.05) is 17.6 Å². The lowest BCUT2D eigenvalue weighted by Gasteiger charge is -2.14. The Morgan fingerprint density at radius 2 is 2.10 bits per heavy atom. The number of hydrogen-bond acceptors (Lipinski definition) is 7. The van der Waals surface area contributed by atoms with Gasteiger partial charge in [0.2, 0.25) is 0 Å². The van der Waals surface area contributed by atoms with Gasteiger partial charge in [-0.2, -0.15) is 0 Å². The molecule has 0 bridgehead atoms. The van der Waals surface area contributed by atoms with Crippen LogP contribution in [0.15, 0.2) is 6.07 Å². The second-order valence-electron chi connectivity index (χ2n) is 4.78. The first-order valence-electron chi connectivity index (χ1n) is 6.91. The van der Waals surface area contributed by atoms with Crippen molar-refractivity contribution in [1.29, 1.82) is 0 Å². The topological polar surface area (TPSA) is 86.0 Å². The summed E-state index contributed by atoms with van der Waals surface area (Å²) in [5.74, 6) is 1.73. The molecule has 114 valence electrons. The molecule has 1 atom stereocenters. The summed E-state index contributed by atoms with van der Waals surface area (Å²) in [6, 6.07) is 1.85. The zero-order valence-corrected chi connectivity index (χ0v) is 13.6. The van der Waals surface area contributed by atoms with E-state index in [0.29, 0.717) is 30.7 Å². The number of nitrogens with zero attached hydrogens (tertiary/aromatic N) is 3. The number of hydrogen-bond donors (Lipinski definition) is 2. The standard InChI is InChI=1S/C14H21N5OS/c1-5-20-7-13-18-11(15)6-12(19-13)17-9(3)14-8(2)16-10(4)21-14/h6,9H,5,7H2,1-4H3,(H3,15,17,18,19). The van der Waals surface area contributed by atoms with Crippen LogP contribution in [0.3, 0.4) is 0 Å². The van der Waals surface area contributed by atoms with E-state index in [1.165, 1.54) is 4.88 Å². The summed E-state index contributed by atoms with van der Waals surface area (Å²) in [6.07, 6.45) is 0. The summed E-state index contributed by atoms with van der Waals surface area (Å²) in [5, 5.41) is 4.42. The quantitative estimate of drug-likeness (QED) is 0.853. The molecule has 2 heterocycles. The third kappa shape index (κ3) is 4.12. The van der Waals surface area contributed by atoms with Gasteiger partial charge in [-0.3, -0.25) is 0 Å². The Bertz CT molecular complexity index is 613. The molecule has 0 aromatic carbocycles. The average molecular weight is 307 g/mol. The monoisotopic (exact) mass is 307 g/mol. The van der Waals surface area contributed by atoms with Gasteiger partial charge in [-0.25, -0.2) is 15.0 Å². The van der Waals surface area contributed by atoms with E-state index in [1.807, 2.05) is 20.8 Å². The number of aryl methyl sites for hydroxylation is 2. The first-order valence-corrected chi connectivity index (χ1v) is 7.73. The smallest absolute Gasteiger partial charge is 0.158 e. The molecule has 0 aliphatic heterocycles. The van der Waals surface area contributed by atoms with E-state index in [-0.39, 0.29) is 6.04 Å². The number of nitrogens with two attached hydrogens (primary N) is 1. The number of rotatable bonds is 6. The zero-order valence-electron chi connectivity index (χ0n) is 12.8. The predicted molar refractivity (Wildman–Crippen MR) is 85.4 cm³/mol. The van der Waals surface area contributed by atoms with Crippen molar-refractivity contribution in [1.82, 2.24) is 15.0 Å². The molecule has 2 rings (SSSR count). The van der Waals surface area contributed by atoms with E-state index in [1.54, 1.807) is 17.4 Å². The van der Waals surface area contributed by atoms with Crippen LogP contribution in [0.4, 0.5) is 11.6 Å². The Hall–Kier alpha value is -1.73. The summed E-state index contributed by atoms with van der Waals surface area (Å²) in [6.45, 7) is 9.03. The number of thiazole rings is 1. The Morgan fingerprint density at radius 1 is 1.33 bits per heavy atom. The zero-order chi connectivity index (χ0) is 15.4. The Kier molecular flexibility index (Phi) is 5.08. The minimum atomic E-state index is 0.116. The molecule has 0 spiro atoms. The predicted octanol–water partition coefficient (Wildman–Crippen LogP) is 2.84. The molecular formula is C14H21N5OS. The van der Waals surface area contributed by atoms with Gasteiger partial charge in [0.1, 0.15) is 18.2 Å². The second-order valence-corrected chi connectivity index (χ2v) is 6.01. The van der Waals surface area contributed by atoms with Gasteiger partial charge in [-0.15, -0.1) is 11.3 Å². The molecule has 0 radical (unpaired) electrons. The van der Waals surface area contributed by atoms with Crippen LogP contribution in [0.2, 0.25) is 0 Å². The van der Waals surface area contributed by atoms with Crippen molar-refractivity contribution in [3.05, 3.63) is 27.5 Å². The van der Waals surface area contributed by atoms with Gasteiger partial charge in [0.15, 0.2) is 5.82 Å². The average Bonchev–Trinajstić information content (AvgIpc) is 2.75. The molecule has 2 aromatic rings. The molecule has 0 fully saturated rings. The van der Waals surface area contributed by atoms with Crippen LogP contribution in [0, 0.1) is 13.8 Å². The molecule has 3 N–H and O–H groups in total. The molecule has 1 unspecified atom stereocenters. The molecular weight excluding hydrogens is 286 g/mol. The molecule has 0 aliphatic rings. The minimum absolute atomic E-state index is 0.116. The second kappa shape index (κ2) is 6.82. The Labute approximate surface area is 128 Å². The molecule has 0 saturated heterocycles. The third-order valence-electron chi connectivity index (χ3n) is 2.92. The summed E-state index contributed by atoms with van der Waals surface area (Å²) >= 11 is 1.69. The third-order valence-corrected chi connectivity index (χ3v) is 4.18. The van der Waals surface area contributed by atoms with E-state index >= 15 is 0 Å². The van der Waals surface area contributed by atoms with Crippen molar-refractivity contribution in [2.75, 3.05) is 17.7 Å². The number of aromatic nitrogens is 3. The van der Waals surface area contributed by atoms with Crippen molar-refractivity contribution in [2.24, 2.45) is 0 Å². The molecule has 2 aromatic heterocycles. The van der Waals surface area contributed by atoms with Crippen molar-refractivity contribution in [2.45, 2.75) is 40.3 Å². The van der Waals surface area contributed by atoms with Gasteiger partial charge in [0.05, 0.1) is 16.7 Å². The van der Waals surface area contributed by atoms with Gasteiger partial charge in [-0.1, -0.05) is 0 Å². The van der Waals surface area contributed by atoms with Gasteiger partial charge in [-0.05, 0) is 27.7 Å². The molecule has 7 heteroatoms. The summed E-state index contributed by atoms with van der Waals surface area (Å²) in [5.41, 5.74) is 6.87. The van der Waals surface area contributed by atoms with Crippen molar-refractivity contribution in [3.8, 4) is 0 Å². The number of nitrogen functional groups attached to an aromatic ring is 1. The number of ether oxygens (including phenoxy) is 1. The lowest BCUT2D eigenvalue weighted by atomic mass is 10.2. The highest BCUT2D eigenvalue weighted by Crippen LogP contribution is 2.27. The van der Waals surface area contributed by atoms with Crippen LogP contribution < -0.4 is 11.1 Å².